The van der Waals surface area contributed by atoms with Gasteiger partial charge in [-0.25, -0.2) is 4.79 Å². The average molecular weight is 447 g/mol. The van der Waals surface area contributed by atoms with E-state index in [2.05, 4.69) is 9.97 Å². The van der Waals surface area contributed by atoms with E-state index in [0.29, 0.717) is 0 Å². The molecule has 0 atom stereocenters. The lowest BCUT2D eigenvalue weighted by Gasteiger charge is -2.26. The molecule has 4 rings (SSSR count). The molecule has 162 valence electrons. The van der Waals surface area contributed by atoms with E-state index in [1.807, 2.05) is 93.6 Å². The maximum atomic E-state index is 12.7. The molecule has 1 aromatic heterocycles. The van der Waals surface area contributed by atoms with Crippen LogP contribution < -0.4 is 31.7 Å². The number of aromatic hydroxyl groups is 1. The van der Waals surface area contributed by atoms with Gasteiger partial charge in [0, 0.05) is 0 Å². The van der Waals surface area contributed by atoms with Crippen molar-refractivity contribution in [2.24, 2.45) is 0 Å². The Labute approximate surface area is 186 Å². The summed E-state index contributed by atoms with van der Waals surface area (Å²) in [6.45, 7) is 6.00. The molecule has 0 radical (unpaired) electrons. The molecule has 0 unspecified atom stereocenters. The Morgan fingerprint density at radius 2 is 1.03 bits per heavy atom. The molecule has 7 heteroatoms. The fourth-order valence-corrected chi connectivity index (χ4v) is 6.91. The molecule has 0 spiro atoms. The van der Waals surface area contributed by atoms with Crippen molar-refractivity contribution in [3.05, 3.63) is 110 Å². The predicted molar refractivity (Wildman–Crippen MR) is 129 cm³/mol. The number of aromatic nitrogens is 2. The largest absolute Gasteiger partial charge is 0.492 e. The Morgan fingerprint density at radius 1 is 0.656 bits per heavy atom. The van der Waals surface area contributed by atoms with E-state index < -0.39 is 24.6 Å². The maximum Gasteiger partial charge on any atom is 0.328 e. The smallest absolute Gasteiger partial charge is 0.328 e. The van der Waals surface area contributed by atoms with Crippen LogP contribution >= 0.6 is 7.49 Å². The summed E-state index contributed by atoms with van der Waals surface area (Å²) in [6, 6.07) is 23.9. The number of nitrogens with one attached hydrogen (secondary N) is 2. The van der Waals surface area contributed by atoms with Crippen molar-refractivity contribution in [3.8, 4) is 11.6 Å². The number of H-pyrrole nitrogens is 2. The van der Waals surface area contributed by atoms with E-state index in [1.54, 1.807) is 0 Å². The van der Waals surface area contributed by atoms with Crippen LogP contribution in [0.1, 0.15) is 16.7 Å². The van der Waals surface area contributed by atoms with E-state index in [-0.39, 0.29) is 5.75 Å². The molecule has 3 N–H and O–H groups in total. The first-order valence-electron chi connectivity index (χ1n) is 10.2. The molecule has 0 amide bonds. The number of aromatic amines is 2. The SMILES string of the molecule is Cc1ccc([P+](Oc2c(O)[nH]c(=O)[nH]c2=O)(c2ccc(C)cc2)c2ccc(C)cc2)cc1. The molecule has 32 heavy (non-hydrogen) atoms. The standard InChI is InChI=1S/C25H23N2O4P/c1-16-4-10-19(11-5-16)32(20-12-6-17(2)7-13-20,21-14-8-18(3)9-15-21)31-22-23(28)26-25(30)27-24(22)29/h4-15H,1-3H3,(H2-,26,27,28,29,30)/p+1. The van der Waals surface area contributed by atoms with Gasteiger partial charge in [0.1, 0.15) is 15.9 Å². The molecular weight excluding hydrogens is 423 g/mol. The number of hydrogen-bond acceptors (Lipinski definition) is 4. The van der Waals surface area contributed by atoms with E-state index >= 15 is 0 Å². The van der Waals surface area contributed by atoms with E-state index in [0.717, 1.165) is 32.6 Å². The number of benzene rings is 3. The highest BCUT2D eigenvalue weighted by molar-refractivity contribution is 7.92. The molecule has 0 bridgehead atoms. The molecule has 0 saturated heterocycles. The van der Waals surface area contributed by atoms with Crippen LogP contribution in [0.3, 0.4) is 0 Å². The third-order valence-corrected chi connectivity index (χ3v) is 8.83. The van der Waals surface area contributed by atoms with Gasteiger partial charge in [0.15, 0.2) is 0 Å². The van der Waals surface area contributed by atoms with Gasteiger partial charge < -0.3 is 9.63 Å². The molecule has 3 aromatic carbocycles. The Balaban J connectivity index is 2.08. The topological polar surface area (TPSA) is 95.2 Å². The fourth-order valence-electron chi connectivity index (χ4n) is 3.55. The fraction of sp³-hybridized carbons (Fsp3) is 0.120. The second kappa shape index (κ2) is 8.48. The highest BCUT2D eigenvalue weighted by atomic mass is 31.2. The van der Waals surface area contributed by atoms with Crippen molar-refractivity contribution in [1.29, 1.82) is 0 Å². The van der Waals surface area contributed by atoms with Crippen LogP contribution in [0, 0.1) is 20.8 Å². The highest BCUT2D eigenvalue weighted by Crippen LogP contribution is 2.56. The second-order valence-electron chi connectivity index (χ2n) is 7.79. The molecule has 0 saturated carbocycles. The molecule has 6 nitrogen and oxygen atoms in total. The van der Waals surface area contributed by atoms with E-state index in [4.69, 9.17) is 4.52 Å². The van der Waals surface area contributed by atoms with Crippen molar-refractivity contribution in [3.63, 3.8) is 0 Å². The summed E-state index contributed by atoms with van der Waals surface area (Å²) in [5.41, 5.74) is 1.67. The van der Waals surface area contributed by atoms with Crippen molar-refractivity contribution in [1.82, 2.24) is 9.97 Å². The third kappa shape index (κ3) is 3.97. The van der Waals surface area contributed by atoms with Crippen LogP contribution in [0.15, 0.2) is 82.4 Å². The van der Waals surface area contributed by atoms with Gasteiger partial charge in [0.25, 0.3) is 13.2 Å². The van der Waals surface area contributed by atoms with Gasteiger partial charge in [-0.05, 0) is 57.2 Å². The van der Waals surface area contributed by atoms with Crippen molar-refractivity contribution >= 4 is 23.4 Å². The molecule has 0 fully saturated rings. The summed E-state index contributed by atoms with van der Waals surface area (Å²) >= 11 is 0. The van der Waals surface area contributed by atoms with Crippen molar-refractivity contribution in [2.45, 2.75) is 20.8 Å². The minimum absolute atomic E-state index is 0.320. The van der Waals surface area contributed by atoms with Gasteiger partial charge >= 0.3 is 11.2 Å². The Bertz CT molecular complexity index is 1240. The quantitative estimate of drug-likeness (QED) is 0.410. The maximum absolute atomic E-state index is 12.7. The van der Waals surface area contributed by atoms with Gasteiger partial charge in [-0.2, -0.15) is 0 Å². The highest BCUT2D eigenvalue weighted by Gasteiger charge is 2.51. The number of rotatable bonds is 5. The molecule has 0 aliphatic heterocycles. The van der Waals surface area contributed by atoms with Gasteiger partial charge in [0.2, 0.25) is 5.88 Å². The summed E-state index contributed by atoms with van der Waals surface area (Å²) in [7, 11) is -2.91. The van der Waals surface area contributed by atoms with Crippen LogP contribution in [-0.2, 0) is 0 Å². The first kappa shape index (κ1) is 21.6. The second-order valence-corrected chi connectivity index (χ2v) is 10.7. The third-order valence-electron chi connectivity index (χ3n) is 5.30. The first-order valence-corrected chi connectivity index (χ1v) is 11.9. The van der Waals surface area contributed by atoms with Crippen molar-refractivity contribution < 1.29 is 9.63 Å². The monoisotopic (exact) mass is 447 g/mol. The van der Waals surface area contributed by atoms with Crippen LogP contribution in [0.5, 0.6) is 11.6 Å². The van der Waals surface area contributed by atoms with Crippen LogP contribution in [-0.4, -0.2) is 15.1 Å². The van der Waals surface area contributed by atoms with E-state index in [1.165, 1.54) is 0 Å². The minimum Gasteiger partial charge on any atom is -0.492 e. The Hall–Kier alpha value is -3.63. The van der Waals surface area contributed by atoms with Crippen LogP contribution in [0.2, 0.25) is 0 Å². The summed E-state index contributed by atoms with van der Waals surface area (Å²) in [5, 5.41) is 13.1. The van der Waals surface area contributed by atoms with E-state index in [9.17, 15) is 14.7 Å². The molecule has 4 aromatic rings. The summed E-state index contributed by atoms with van der Waals surface area (Å²) in [4.78, 5) is 28.7. The first-order chi connectivity index (χ1) is 15.3. The summed E-state index contributed by atoms with van der Waals surface area (Å²) < 4.78 is 6.54. The van der Waals surface area contributed by atoms with Gasteiger partial charge in [0.05, 0.1) is 0 Å². The van der Waals surface area contributed by atoms with Crippen molar-refractivity contribution in [2.75, 3.05) is 0 Å². The lowest BCUT2D eigenvalue weighted by molar-refractivity contribution is 0.419. The Morgan fingerprint density at radius 3 is 1.38 bits per heavy atom. The molecular formula is C25H24N2O4P+. The Kier molecular flexibility index (Phi) is 5.72. The summed E-state index contributed by atoms with van der Waals surface area (Å²) in [6.07, 6.45) is 0. The summed E-state index contributed by atoms with van der Waals surface area (Å²) in [5.74, 6) is -0.922. The zero-order valence-electron chi connectivity index (χ0n) is 18.0. The normalized spacial score (nSPS) is 11.3. The average Bonchev–Trinajstić information content (AvgIpc) is 2.76. The van der Waals surface area contributed by atoms with Gasteiger partial charge in [-0.1, -0.05) is 53.1 Å². The molecule has 0 aliphatic carbocycles. The number of aryl methyl sites for hydroxylation is 3. The lowest BCUT2D eigenvalue weighted by Crippen LogP contribution is -2.36. The van der Waals surface area contributed by atoms with Crippen LogP contribution in [0.25, 0.3) is 0 Å². The molecule has 0 aliphatic rings. The van der Waals surface area contributed by atoms with Crippen LogP contribution in [0.4, 0.5) is 0 Å². The zero-order valence-corrected chi connectivity index (χ0v) is 18.9. The minimum atomic E-state index is -2.91. The lowest BCUT2D eigenvalue weighted by atomic mass is 10.2. The van der Waals surface area contributed by atoms with Gasteiger partial charge in [-0.3, -0.25) is 14.8 Å². The molecule has 1 heterocycles. The number of hydrogen-bond donors (Lipinski definition) is 3. The zero-order chi connectivity index (χ0) is 22.9. The van der Waals surface area contributed by atoms with Gasteiger partial charge in [-0.15, -0.1) is 0 Å². The predicted octanol–water partition coefficient (Wildman–Crippen LogP) is 2.98.